The van der Waals surface area contributed by atoms with Crippen LogP contribution in [-0.2, 0) is 17.0 Å². The fourth-order valence-electron chi connectivity index (χ4n) is 4.08. The Bertz CT molecular complexity index is 1060. The number of amides is 1. The minimum Gasteiger partial charge on any atom is -0.285 e. The number of carbonyl (C=O) groups excluding carboxylic acids is 1. The molecular formula is C28H26N2O. The molecule has 4 aromatic carbocycles. The molecule has 3 nitrogen and oxygen atoms in total. The number of nitrogens with one attached hydrogen (secondary N) is 1. The quantitative estimate of drug-likeness (QED) is 0.398. The monoisotopic (exact) mass is 406 g/mol. The second-order valence-electron chi connectivity index (χ2n) is 7.47. The van der Waals surface area contributed by atoms with E-state index >= 15 is 0 Å². The van der Waals surface area contributed by atoms with Crippen LogP contribution in [0.25, 0.3) is 0 Å². The highest BCUT2D eigenvalue weighted by Crippen LogP contribution is 2.37. The maximum absolute atomic E-state index is 13.2. The summed E-state index contributed by atoms with van der Waals surface area (Å²) in [5.74, 6) is -0.0422. The lowest BCUT2D eigenvalue weighted by Gasteiger charge is -2.45. The van der Waals surface area contributed by atoms with Crippen molar-refractivity contribution >= 4 is 11.6 Å². The molecule has 0 saturated carbocycles. The number of benzene rings is 4. The zero-order chi connectivity index (χ0) is 21.5. The van der Waals surface area contributed by atoms with E-state index in [-0.39, 0.29) is 5.91 Å². The van der Waals surface area contributed by atoms with Gasteiger partial charge >= 0.3 is 0 Å². The molecule has 0 unspecified atom stereocenters. The summed E-state index contributed by atoms with van der Waals surface area (Å²) in [5, 5.41) is 3.77. The van der Waals surface area contributed by atoms with Gasteiger partial charge in [0, 0.05) is 19.2 Å². The Hall–Kier alpha value is -3.69. The Morgan fingerprint density at radius 3 is 1.55 bits per heavy atom. The van der Waals surface area contributed by atoms with Crippen molar-refractivity contribution in [2.24, 2.45) is 0 Å². The molecule has 1 amide bonds. The third-order valence-electron chi connectivity index (χ3n) is 5.44. The fourth-order valence-corrected chi connectivity index (χ4v) is 4.08. The van der Waals surface area contributed by atoms with Crippen LogP contribution in [0.5, 0.6) is 0 Å². The molecule has 0 radical (unpaired) electrons. The van der Waals surface area contributed by atoms with E-state index in [1.165, 1.54) is 0 Å². The lowest BCUT2D eigenvalue weighted by Crippen LogP contribution is -2.59. The highest BCUT2D eigenvalue weighted by Gasteiger charge is 2.42. The van der Waals surface area contributed by atoms with Gasteiger partial charge in [-0.05, 0) is 28.8 Å². The lowest BCUT2D eigenvalue weighted by molar-refractivity contribution is -0.117. The van der Waals surface area contributed by atoms with Crippen LogP contribution >= 0.6 is 0 Å². The lowest BCUT2D eigenvalue weighted by atomic mass is 9.88. The first-order chi connectivity index (χ1) is 15.2. The van der Waals surface area contributed by atoms with Gasteiger partial charge in [-0.1, -0.05) is 109 Å². The van der Waals surface area contributed by atoms with Crippen molar-refractivity contribution in [3.8, 4) is 0 Å². The molecule has 154 valence electrons. The molecule has 0 fully saturated rings. The summed E-state index contributed by atoms with van der Waals surface area (Å²) in [6, 6.07) is 40.4. The maximum atomic E-state index is 13.2. The van der Waals surface area contributed by atoms with E-state index in [1.54, 1.807) is 6.92 Å². The average Bonchev–Trinajstić information content (AvgIpc) is 2.84. The fraction of sp³-hybridized carbons (Fsp3) is 0.107. The third-order valence-corrected chi connectivity index (χ3v) is 5.44. The van der Waals surface area contributed by atoms with Crippen molar-refractivity contribution in [3.05, 3.63) is 138 Å². The maximum Gasteiger partial charge on any atom is 0.225 e. The van der Waals surface area contributed by atoms with Gasteiger partial charge < -0.3 is 0 Å². The molecule has 0 aliphatic carbocycles. The normalized spacial score (nSPS) is 11.1. The van der Waals surface area contributed by atoms with Crippen molar-refractivity contribution in [2.75, 3.05) is 4.90 Å². The number of anilines is 1. The summed E-state index contributed by atoms with van der Waals surface area (Å²) >= 11 is 0. The molecule has 0 saturated heterocycles. The van der Waals surface area contributed by atoms with E-state index in [9.17, 15) is 4.79 Å². The molecule has 3 heteroatoms. The molecule has 31 heavy (non-hydrogen) atoms. The molecule has 0 bridgehead atoms. The van der Waals surface area contributed by atoms with Crippen LogP contribution in [0, 0.1) is 0 Å². The van der Waals surface area contributed by atoms with Gasteiger partial charge in [0.25, 0.3) is 0 Å². The Kier molecular flexibility index (Phi) is 6.25. The molecule has 0 aromatic heterocycles. The largest absolute Gasteiger partial charge is 0.285 e. The van der Waals surface area contributed by atoms with Crippen LogP contribution in [0.15, 0.2) is 121 Å². The first kappa shape index (κ1) is 20.6. The zero-order valence-corrected chi connectivity index (χ0v) is 17.6. The van der Waals surface area contributed by atoms with Crippen molar-refractivity contribution in [2.45, 2.75) is 19.1 Å². The van der Waals surface area contributed by atoms with Crippen LogP contribution in [0.1, 0.15) is 23.6 Å². The van der Waals surface area contributed by atoms with Gasteiger partial charge in [0.05, 0.1) is 0 Å². The predicted octanol–water partition coefficient (Wildman–Crippen LogP) is 5.73. The van der Waals surface area contributed by atoms with Crippen molar-refractivity contribution in [1.82, 2.24) is 5.32 Å². The van der Waals surface area contributed by atoms with Crippen LogP contribution in [0.2, 0.25) is 0 Å². The second kappa shape index (κ2) is 9.41. The molecule has 4 rings (SSSR count). The van der Waals surface area contributed by atoms with Gasteiger partial charge in [-0.2, -0.15) is 0 Å². The molecule has 0 spiro atoms. The molecular weight excluding hydrogens is 380 g/mol. The van der Waals surface area contributed by atoms with Crippen LogP contribution < -0.4 is 10.2 Å². The smallest absolute Gasteiger partial charge is 0.225 e. The summed E-state index contributed by atoms with van der Waals surface area (Å²) < 4.78 is 0. The first-order valence-electron chi connectivity index (χ1n) is 10.5. The van der Waals surface area contributed by atoms with Crippen LogP contribution in [0.4, 0.5) is 5.69 Å². The predicted molar refractivity (Wildman–Crippen MR) is 127 cm³/mol. The summed E-state index contributed by atoms with van der Waals surface area (Å²) in [5.41, 5.74) is 3.09. The Morgan fingerprint density at radius 1 is 0.677 bits per heavy atom. The van der Waals surface area contributed by atoms with Gasteiger partial charge in [-0.15, -0.1) is 0 Å². The van der Waals surface area contributed by atoms with E-state index < -0.39 is 5.66 Å². The number of hydrogen-bond donors (Lipinski definition) is 1. The van der Waals surface area contributed by atoms with Crippen molar-refractivity contribution in [3.63, 3.8) is 0 Å². The number of carbonyl (C=O) groups is 1. The van der Waals surface area contributed by atoms with Gasteiger partial charge in [0.1, 0.15) is 0 Å². The van der Waals surface area contributed by atoms with Gasteiger partial charge in [0.15, 0.2) is 5.66 Å². The van der Waals surface area contributed by atoms with E-state index in [4.69, 9.17) is 0 Å². The topological polar surface area (TPSA) is 32.3 Å². The van der Waals surface area contributed by atoms with Gasteiger partial charge in [-0.25, -0.2) is 0 Å². The molecule has 1 N–H and O–H groups in total. The van der Waals surface area contributed by atoms with Crippen molar-refractivity contribution in [1.29, 1.82) is 0 Å². The SMILES string of the molecule is CC(=O)N(c1ccccc1)C(NCc1ccccc1)(c1ccccc1)c1ccccc1. The van der Waals surface area contributed by atoms with E-state index in [1.807, 2.05) is 89.8 Å². The molecule has 0 heterocycles. The Labute approximate surface area is 184 Å². The summed E-state index contributed by atoms with van der Waals surface area (Å²) in [6.07, 6.45) is 0. The highest BCUT2D eigenvalue weighted by atomic mass is 16.2. The highest BCUT2D eigenvalue weighted by molar-refractivity contribution is 5.94. The Balaban J connectivity index is 1.95. The second-order valence-corrected chi connectivity index (χ2v) is 7.47. The number of rotatable bonds is 7. The summed E-state index contributed by atoms with van der Waals surface area (Å²) in [6.45, 7) is 2.22. The summed E-state index contributed by atoms with van der Waals surface area (Å²) in [4.78, 5) is 15.1. The third kappa shape index (κ3) is 4.27. The summed E-state index contributed by atoms with van der Waals surface area (Å²) in [7, 11) is 0. The number of nitrogens with zero attached hydrogens (tertiary/aromatic N) is 1. The van der Waals surface area contributed by atoms with E-state index in [2.05, 4.69) is 41.7 Å². The average molecular weight is 407 g/mol. The molecule has 4 aromatic rings. The van der Waals surface area contributed by atoms with E-state index in [0.717, 1.165) is 22.4 Å². The van der Waals surface area contributed by atoms with Crippen molar-refractivity contribution < 1.29 is 4.79 Å². The molecule has 0 aliphatic rings. The zero-order valence-electron chi connectivity index (χ0n) is 17.6. The van der Waals surface area contributed by atoms with Crippen LogP contribution in [0.3, 0.4) is 0 Å². The van der Waals surface area contributed by atoms with E-state index in [0.29, 0.717) is 6.54 Å². The standard InChI is InChI=1S/C28H26N2O/c1-23(31)30(27-20-12-5-13-21-27)28(25-16-8-3-9-17-25,26-18-10-4-11-19-26)29-22-24-14-6-2-7-15-24/h2-21,29H,22H2,1H3. The number of para-hydroxylation sites is 1. The number of hydrogen-bond acceptors (Lipinski definition) is 2. The Morgan fingerprint density at radius 2 is 1.10 bits per heavy atom. The minimum absolute atomic E-state index is 0.0422. The molecule has 0 aliphatic heterocycles. The first-order valence-corrected chi connectivity index (χ1v) is 10.5. The minimum atomic E-state index is -0.883. The molecule has 0 atom stereocenters. The van der Waals surface area contributed by atoms with Gasteiger partial charge in [0.2, 0.25) is 5.91 Å². The van der Waals surface area contributed by atoms with Crippen LogP contribution in [-0.4, -0.2) is 5.91 Å². The van der Waals surface area contributed by atoms with Gasteiger partial charge in [-0.3, -0.25) is 15.0 Å².